The number of esters is 4. The van der Waals surface area contributed by atoms with Crippen LogP contribution in [0.15, 0.2) is 48.6 Å². The molecule has 0 spiro atoms. The van der Waals surface area contributed by atoms with Crippen molar-refractivity contribution < 1.29 is 48.0 Å². The Kier molecular flexibility index (Phi) is 14.4. The monoisotopic (exact) mass is 558 g/mol. The van der Waals surface area contributed by atoms with Crippen LogP contribution in [-0.4, -0.2) is 67.6 Å². The Morgan fingerprint density at radius 2 is 1.52 bits per heavy atom. The first kappa shape index (κ1) is 34.1. The smallest absolute Gasteiger partial charge is 0.333 e. The second kappa shape index (κ2) is 16.9. The molecule has 0 bridgehead atoms. The van der Waals surface area contributed by atoms with Crippen molar-refractivity contribution in [1.29, 1.82) is 0 Å². The van der Waals surface area contributed by atoms with Gasteiger partial charge in [0.1, 0.15) is 25.9 Å². The van der Waals surface area contributed by atoms with Crippen molar-refractivity contribution >= 4 is 23.9 Å². The third-order valence-corrected chi connectivity index (χ3v) is 5.63. The lowest BCUT2D eigenvalue weighted by atomic mass is 9.89. The fourth-order valence-corrected chi connectivity index (χ4v) is 3.16. The zero-order valence-corrected chi connectivity index (χ0v) is 23.7. The Morgan fingerprint density at radius 3 is 2.10 bits per heavy atom. The number of aliphatic hydroxyl groups excluding tert-OH is 1. The van der Waals surface area contributed by atoms with Crippen molar-refractivity contribution in [2.75, 3.05) is 26.4 Å². The molecule has 3 unspecified atom stereocenters. The van der Waals surface area contributed by atoms with Gasteiger partial charge in [-0.3, -0.25) is 0 Å². The first-order valence-corrected chi connectivity index (χ1v) is 12.8. The highest BCUT2D eigenvalue weighted by molar-refractivity contribution is 5.91. The SMILES string of the molecule is C=C(C)C(=O)OCC(O)COC(=O)/C=C/C(=O)OC(COC(=O)C(=C)C)COC(C)(CC)c1ccc#cc1CC. The van der Waals surface area contributed by atoms with Gasteiger partial charge in [-0.25, -0.2) is 19.2 Å². The first-order chi connectivity index (χ1) is 18.8. The highest BCUT2D eigenvalue weighted by Gasteiger charge is 2.30. The number of ether oxygens (including phenoxy) is 5. The molecule has 1 aromatic rings. The summed E-state index contributed by atoms with van der Waals surface area (Å²) < 4.78 is 26.3. The molecular weight excluding hydrogens is 520 g/mol. The van der Waals surface area contributed by atoms with E-state index >= 15 is 0 Å². The van der Waals surface area contributed by atoms with E-state index in [1.807, 2.05) is 26.8 Å². The van der Waals surface area contributed by atoms with E-state index in [0.29, 0.717) is 6.42 Å². The second-order valence-corrected chi connectivity index (χ2v) is 9.18. The molecule has 0 saturated carbocycles. The lowest BCUT2D eigenvalue weighted by Crippen LogP contribution is -2.35. The van der Waals surface area contributed by atoms with E-state index in [4.69, 9.17) is 23.7 Å². The molecule has 0 aliphatic rings. The number of rotatable bonds is 17. The molecule has 10 nitrogen and oxygen atoms in total. The van der Waals surface area contributed by atoms with Crippen LogP contribution < -0.4 is 0 Å². The number of hydrogen-bond acceptors (Lipinski definition) is 10. The Labute approximate surface area is 235 Å². The van der Waals surface area contributed by atoms with Crippen LogP contribution >= 0.6 is 0 Å². The molecule has 1 rings (SSSR count). The van der Waals surface area contributed by atoms with Gasteiger partial charge in [0.2, 0.25) is 0 Å². The number of carbonyl (C=O) groups is 4. The normalized spacial score (nSPS) is 13.8. The third kappa shape index (κ3) is 11.8. The topological polar surface area (TPSA) is 135 Å². The zero-order valence-electron chi connectivity index (χ0n) is 23.7. The number of carbonyl (C=O) groups excluding carboxylic acids is 4. The Hall–Kier alpha value is -3.94. The van der Waals surface area contributed by atoms with Crippen LogP contribution in [0.5, 0.6) is 0 Å². The molecule has 0 radical (unpaired) electrons. The van der Waals surface area contributed by atoms with Gasteiger partial charge < -0.3 is 28.8 Å². The maximum absolute atomic E-state index is 12.4. The van der Waals surface area contributed by atoms with Crippen LogP contribution in [0.4, 0.5) is 0 Å². The van der Waals surface area contributed by atoms with Crippen molar-refractivity contribution in [3.05, 3.63) is 71.8 Å². The lowest BCUT2D eigenvalue weighted by Gasteiger charge is -2.32. The standard InChI is InChI=1S/C30H38O10/c1-8-22-12-10-11-13-25(22)30(7,9-2)39-19-24(18-38-29(35)21(5)6)40-27(33)15-14-26(32)36-16-23(31)17-37-28(34)20(3)4/h11,13-15,23-24,31H,3,5,8-9,16-19H2,1-2,4,6-7H3/b15-14+. The highest BCUT2D eigenvalue weighted by Crippen LogP contribution is 2.31. The van der Waals surface area contributed by atoms with Crippen molar-refractivity contribution in [2.24, 2.45) is 0 Å². The van der Waals surface area contributed by atoms with Crippen LogP contribution in [0, 0.1) is 12.1 Å². The Balaban J connectivity index is 2.80. The Morgan fingerprint density at radius 1 is 0.950 bits per heavy atom. The van der Waals surface area contributed by atoms with E-state index < -0.39 is 54.9 Å². The predicted octanol–water partition coefficient (Wildman–Crippen LogP) is 3.10. The summed E-state index contributed by atoms with van der Waals surface area (Å²) in [7, 11) is 0. The molecule has 0 aromatic heterocycles. The molecule has 1 N–H and O–H groups in total. The average molecular weight is 559 g/mol. The lowest BCUT2D eigenvalue weighted by molar-refractivity contribution is -0.162. The van der Waals surface area contributed by atoms with E-state index in [9.17, 15) is 24.3 Å². The fourth-order valence-electron chi connectivity index (χ4n) is 3.16. The average Bonchev–Trinajstić information content (AvgIpc) is 2.94. The van der Waals surface area contributed by atoms with Crippen molar-refractivity contribution in [3.8, 4) is 0 Å². The van der Waals surface area contributed by atoms with Gasteiger partial charge in [-0.05, 0) is 51.3 Å². The predicted molar refractivity (Wildman–Crippen MR) is 145 cm³/mol. The number of hydrogen-bond donors (Lipinski definition) is 1. The van der Waals surface area contributed by atoms with Crippen molar-refractivity contribution in [3.63, 3.8) is 0 Å². The Bertz CT molecular complexity index is 1090. The van der Waals surface area contributed by atoms with Gasteiger partial charge in [-0.15, -0.1) is 0 Å². The molecule has 10 heteroatoms. The minimum absolute atomic E-state index is 0.116. The summed E-state index contributed by atoms with van der Waals surface area (Å²) in [5.41, 5.74) is 1.44. The van der Waals surface area contributed by atoms with Gasteiger partial charge in [0, 0.05) is 28.9 Å². The zero-order chi connectivity index (χ0) is 30.3. The summed E-state index contributed by atoms with van der Waals surface area (Å²) in [6.45, 7) is 14.4. The van der Waals surface area contributed by atoms with Crippen molar-refractivity contribution in [2.45, 2.75) is 65.3 Å². The van der Waals surface area contributed by atoms with Gasteiger partial charge in [-0.1, -0.05) is 39.1 Å². The summed E-state index contributed by atoms with van der Waals surface area (Å²) in [6.07, 6.45) is 0.688. The van der Waals surface area contributed by atoms with E-state index in [1.54, 1.807) is 6.07 Å². The van der Waals surface area contributed by atoms with Crippen LogP contribution in [0.1, 0.15) is 52.2 Å². The van der Waals surface area contributed by atoms with E-state index in [1.165, 1.54) is 13.8 Å². The second-order valence-electron chi connectivity index (χ2n) is 9.18. The molecule has 0 heterocycles. The van der Waals surface area contributed by atoms with Gasteiger partial charge in [0.05, 0.1) is 12.2 Å². The molecule has 0 aliphatic heterocycles. The largest absolute Gasteiger partial charge is 0.460 e. The molecule has 0 aliphatic carbocycles. The van der Waals surface area contributed by atoms with Crippen molar-refractivity contribution in [1.82, 2.24) is 0 Å². The minimum Gasteiger partial charge on any atom is -0.460 e. The third-order valence-electron chi connectivity index (χ3n) is 5.63. The summed E-state index contributed by atoms with van der Waals surface area (Å²) in [5.74, 6) is -3.20. The summed E-state index contributed by atoms with van der Waals surface area (Å²) >= 11 is 0. The van der Waals surface area contributed by atoms with Crippen LogP contribution in [0.3, 0.4) is 0 Å². The van der Waals surface area contributed by atoms with Crippen LogP contribution in [0.25, 0.3) is 0 Å². The molecular formula is C30H38O10. The molecule has 0 fully saturated rings. The molecule has 218 valence electrons. The van der Waals surface area contributed by atoms with Crippen LogP contribution in [-0.2, 0) is 54.9 Å². The number of aliphatic hydroxyl groups is 1. The molecule has 1 aromatic carbocycles. The molecule has 40 heavy (non-hydrogen) atoms. The van der Waals surface area contributed by atoms with Gasteiger partial charge in [0.25, 0.3) is 0 Å². The summed E-state index contributed by atoms with van der Waals surface area (Å²) in [5, 5.41) is 9.76. The van der Waals surface area contributed by atoms with Gasteiger partial charge >= 0.3 is 23.9 Å². The van der Waals surface area contributed by atoms with E-state index in [2.05, 4.69) is 25.3 Å². The fraction of sp³-hybridized carbons (Fsp3) is 0.467. The molecule has 0 amide bonds. The maximum atomic E-state index is 12.4. The maximum Gasteiger partial charge on any atom is 0.333 e. The molecule has 3 atom stereocenters. The minimum atomic E-state index is -1.27. The van der Waals surface area contributed by atoms with E-state index in [-0.39, 0.29) is 24.4 Å². The van der Waals surface area contributed by atoms with Gasteiger partial charge in [0.15, 0.2) is 6.10 Å². The first-order valence-electron chi connectivity index (χ1n) is 12.8. The quantitative estimate of drug-likeness (QED) is 0.173. The highest BCUT2D eigenvalue weighted by atomic mass is 16.6. The summed E-state index contributed by atoms with van der Waals surface area (Å²) in [6, 6.07) is 9.68. The summed E-state index contributed by atoms with van der Waals surface area (Å²) in [4.78, 5) is 47.6. The van der Waals surface area contributed by atoms with E-state index in [0.717, 1.165) is 29.7 Å². The molecule has 0 saturated heterocycles. The van der Waals surface area contributed by atoms with Gasteiger partial charge in [-0.2, -0.15) is 0 Å². The van der Waals surface area contributed by atoms with Crippen LogP contribution in [0.2, 0.25) is 0 Å².